The Bertz CT molecular complexity index is 520. The largest absolute Gasteiger partial charge is 0.391 e. The molecule has 0 spiro atoms. The van der Waals surface area contributed by atoms with Crippen LogP contribution in [0.5, 0.6) is 0 Å². The fourth-order valence-electron chi connectivity index (χ4n) is 1.70. The molecule has 0 bridgehead atoms. The Kier molecular flexibility index (Phi) is 6.65. The highest BCUT2D eigenvalue weighted by Crippen LogP contribution is 2.19. The summed E-state index contributed by atoms with van der Waals surface area (Å²) in [6.45, 7) is 5.67. The summed E-state index contributed by atoms with van der Waals surface area (Å²) in [4.78, 5) is 23.4. The maximum atomic E-state index is 11.8. The van der Waals surface area contributed by atoms with Crippen LogP contribution < -0.4 is 10.6 Å². The first-order valence-electron chi connectivity index (χ1n) is 6.88. The third kappa shape index (κ3) is 5.36. The Morgan fingerprint density at radius 3 is 2.57 bits per heavy atom. The van der Waals surface area contributed by atoms with Crippen molar-refractivity contribution in [3.8, 4) is 0 Å². The number of rotatable bonds is 5. The van der Waals surface area contributed by atoms with Crippen molar-refractivity contribution < 1.29 is 14.7 Å². The summed E-state index contributed by atoms with van der Waals surface area (Å²) in [6.07, 6.45) is 0.136. The van der Waals surface area contributed by atoms with Gasteiger partial charge in [-0.25, -0.2) is 0 Å². The quantitative estimate of drug-likeness (QED) is 0.729. The van der Waals surface area contributed by atoms with Crippen LogP contribution in [0.1, 0.15) is 25.8 Å². The van der Waals surface area contributed by atoms with Gasteiger partial charge >= 0.3 is 11.8 Å². The number of carbonyl (C=O) groups excluding carboxylic acids is 2. The second-order valence-corrected chi connectivity index (χ2v) is 5.51. The normalized spacial score (nSPS) is 13.4. The lowest BCUT2D eigenvalue weighted by atomic mass is 10.0. The van der Waals surface area contributed by atoms with Crippen LogP contribution in [0.3, 0.4) is 0 Å². The number of hydrogen-bond acceptors (Lipinski definition) is 3. The Morgan fingerprint density at radius 1 is 1.33 bits per heavy atom. The molecule has 0 aromatic heterocycles. The van der Waals surface area contributed by atoms with Gasteiger partial charge in [0.1, 0.15) is 0 Å². The van der Waals surface area contributed by atoms with Gasteiger partial charge in [-0.05, 0) is 36.6 Å². The first kappa shape index (κ1) is 17.5. The molecule has 0 saturated carbocycles. The van der Waals surface area contributed by atoms with E-state index in [0.717, 1.165) is 12.0 Å². The van der Waals surface area contributed by atoms with E-state index < -0.39 is 17.9 Å². The maximum absolute atomic E-state index is 11.8. The summed E-state index contributed by atoms with van der Waals surface area (Å²) in [5.74, 6) is -1.48. The molecule has 116 valence electrons. The lowest BCUT2D eigenvalue weighted by Gasteiger charge is -2.17. The Balaban J connectivity index is 2.53. The topological polar surface area (TPSA) is 78.4 Å². The van der Waals surface area contributed by atoms with E-state index in [0.29, 0.717) is 10.7 Å². The van der Waals surface area contributed by atoms with Crippen LogP contribution in [0.25, 0.3) is 0 Å². The van der Waals surface area contributed by atoms with Crippen molar-refractivity contribution in [3.05, 3.63) is 28.8 Å². The zero-order valence-corrected chi connectivity index (χ0v) is 13.2. The van der Waals surface area contributed by atoms with E-state index in [-0.39, 0.29) is 12.5 Å². The molecule has 6 heteroatoms. The van der Waals surface area contributed by atoms with Crippen LogP contribution in [0.15, 0.2) is 18.2 Å². The molecule has 0 aliphatic heterocycles. The number of anilines is 1. The molecule has 1 rings (SSSR count). The number of halogens is 1. The standard InChI is InChI=1S/C15H21ClN2O3/c1-4-9(2)13(19)8-17-14(20)15(21)18-12-6-5-11(16)7-10(12)3/h5-7,9,13,19H,4,8H2,1-3H3,(H,17,20)(H,18,21). The Hall–Kier alpha value is -1.59. The van der Waals surface area contributed by atoms with E-state index in [1.54, 1.807) is 25.1 Å². The molecule has 0 heterocycles. The first-order chi connectivity index (χ1) is 9.85. The molecule has 3 N–H and O–H groups in total. The van der Waals surface area contributed by atoms with E-state index in [1.807, 2.05) is 13.8 Å². The van der Waals surface area contributed by atoms with Crippen molar-refractivity contribution in [2.45, 2.75) is 33.3 Å². The minimum absolute atomic E-state index is 0.0564. The van der Waals surface area contributed by atoms with Crippen molar-refractivity contribution in [1.29, 1.82) is 0 Å². The number of benzene rings is 1. The minimum atomic E-state index is -0.772. The average molecular weight is 313 g/mol. The molecule has 0 aliphatic rings. The smallest absolute Gasteiger partial charge is 0.313 e. The molecular weight excluding hydrogens is 292 g/mol. The van der Waals surface area contributed by atoms with Crippen LogP contribution in [0, 0.1) is 12.8 Å². The molecule has 2 atom stereocenters. The van der Waals surface area contributed by atoms with Gasteiger partial charge in [0.05, 0.1) is 6.10 Å². The van der Waals surface area contributed by atoms with Gasteiger partial charge in [0.2, 0.25) is 0 Å². The number of aryl methyl sites for hydroxylation is 1. The molecule has 0 saturated heterocycles. The highest BCUT2D eigenvalue weighted by atomic mass is 35.5. The third-order valence-corrected chi connectivity index (χ3v) is 3.65. The van der Waals surface area contributed by atoms with E-state index in [2.05, 4.69) is 10.6 Å². The molecule has 0 aliphatic carbocycles. The van der Waals surface area contributed by atoms with Crippen LogP contribution in [0.4, 0.5) is 5.69 Å². The molecule has 2 amide bonds. The fraction of sp³-hybridized carbons (Fsp3) is 0.467. The number of aliphatic hydroxyl groups is 1. The summed E-state index contributed by atoms with van der Waals surface area (Å²) in [5.41, 5.74) is 1.30. The molecule has 2 unspecified atom stereocenters. The molecule has 0 fully saturated rings. The lowest BCUT2D eigenvalue weighted by Crippen LogP contribution is -2.41. The number of hydrogen-bond donors (Lipinski definition) is 3. The van der Waals surface area contributed by atoms with Gasteiger partial charge in [-0.15, -0.1) is 0 Å². The molecule has 5 nitrogen and oxygen atoms in total. The number of nitrogens with one attached hydrogen (secondary N) is 2. The van der Waals surface area contributed by atoms with Crippen molar-refractivity contribution in [2.75, 3.05) is 11.9 Å². The van der Waals surface area contributed by atoms with E-state index in [1.165, 1.54) is 0 Å². The van der Waals surface area contributed by atoms with Crippen LogP contribution in [-0.2, 0) is 9.59 Å². The molecular formula is C15H21ClN2O3. The van der Waals surface area contributed by atoms with Crippen molar-refractivity contribution in [2.24, 2.45) is 5.92 Å². The zero-order valence-electron chi connectivity index (χ0n) is 12.4. The average Bonchev–Trinajstić information content (AvgIpc) is 2.46. The Labute approximate surface area is 129 Å². The second kappa shape index (κ2) is 8.00. The first-order valence-corrected chi connectivity index (χ1v) is 7.26. The van der Waals surface area contributed by atoms with Gasteiger partial charge in [-0.1, -0.05) is 31.9 Å². The lowest BCUT2D eigenvalue weighted by molar-refractivity contribution is -0.136. The monoisotopic (exact) mass is 312 g/mol. The summed E-state index contributed by atoms with van der Waals surface area (Å²) in [7, 11) is 0. The summed E-state index contributed by atoms with van der Waals surface area (Å²) in [5, 5.41) is 15.2. The number of carbonyl (C=O) groups is 2. The maximum Gasteiger partial charge on any atom is 0.313 e. The summed E-state index contributed by atoms with van der Waals surface area (Å²) >= 11 is 5.82. The Morgan fingerprint density at radius 2 is 2.00 bits per heavy atom. The molecule has 21 heavy (non-hydrogen) atoms. The van der Waals surface area contributed by atoms with E-state index in [9.17, 15) is 14.7 Å². The summed E-state index contributed by atoms with van der Waals surface area (Å²) < 4.78 is 0. The number of amides is 2. The minimum Gasteiger partial charge on any atom is -0.391 e. The van der Waals surface area contributed by atoms with Gasteiger partial charge in [-0.2, -0.15) is 0 Å². The number of aliphatic hydroxyl groups excluding tert-OH is 1. The van der Waals surface area contributed by atoms with Crippen LogP contribution >= 0.6 is 11.6 Å². The van der Waals surface area contributed by atoms with Crippen LogP contribution in [-0.4, -0.2) is 29.6 Å². The molecule has 1 aromatic carbocycles. The van der Waals surface area contributed by atoms with Gasteiger partial charge < -0.3 is 15.7 Å². The predicted octanol–water partition coefficient (Wildman–Crippen LogP) is 2.11. The van der Waals surface area contributed by atoms with E-state index >= 15 is 0 Å². The highest BCUT2D eigenvalue weighted by molar-refractivity contribution is 6.39. The fourth-order valence-corrected chi connectivity index (χ4v) is 1.92. The van der Waals surface area contributed by atoms with Crippen molar-refractivity contribution in [1.82, 2.24) is 5.32 Å². The van der Waals surface area contributed by atoms with Crippen molar-refractivity contribution >= 4 is 29.1 Å². The van der Waals surface area contributed by atoms with Crippen LogP contribution in [0.2, 0.25) is 5.02 Å². The van der Waals surface area contributed by atoms with Gasteiger partial charge in [-0.3, -0.25) is 9.59 Å². The second-order valence-electron chi connectivity index (χ2n) is 5.08. The summed E-state index contributed by atoms with van der Waals surface area (Å²) in [6, 6.07) is 4.97. The van der Waals surface area contributed by atoms with Gasteiger partial charge in [0, 0.05) is 17.3 Å². The SMILES string of the molecule is CCC(C)C(O)CNC(=O)C(=O)Nc1ccc(Cl)cc1C. The van der Waals surface area contributed by atoms with Gasteiger partial charge in [0.15, 0.2) is 0 Å². The predicted molar refractivity (Wildman–Crippen MR) is 83.3 cm³/mol. The zero-order chi connectivity index (χ0) is 16.0. The van der Waals surface area contributed by atoms with Crippen molar-refractivity contribution in [3.63, 3.8) is 0 Å². The van der Waals surface area contributed by atoms with Gasteiger partial charge in [0.25, 0.3) is 0 Å². The molecule has 0 radical (unpaired) electrons. The van der Waals surface area contributed by atoms with E-state index in [4.69, 9.17) is 11.6 Å². The molecule has 1 aromatic rings. The highest BCUT2D eigenvalue weighted by Gasteiger charge is 2.18. The third-order valence-electron chi connectivity index (χ3n) is 3.42.